The number of carbonyl (C=O) groups is 1. The first kappa shape index (κ1) is 12.4. The topological polar surface area (TPSA) is 47.8 Å². The van der Waals surface area contributed by atoms with E-state index in [4.69, 9.17) is 0 Å². The van der Waals surface area contributed by atoms with Crippen molar-refractivity contribution in [2.45, 2.75) is 6.92 Å². The van der Waals surface area contributed by atoms with Crippen LogP contribution in [0.15, 0.2) is 27.3 Å². The molecule has 0 saturated heterocycles. The van der Waals surface area contributed by atoms with Gasteiger partial charge in [0.15, 0.2) is 4.60 Å². The molecule has 6 heteroatoms. The van der Waals surface area contributed by atoms with Crippen LogP contribution in [0.2, 0.25) is 0 Å². The zero-order valence-corrected chi connectivity index (χ0v) is 12.4. The first-order valence-corrected chi connectivity index (χ1v) is 6.45. The number of ketones is 1. The Morgan fingerprint density at radius 3 is 2.59 bits per heavy atom. The highest BCUT2D eigenvalue weighted by Gasteiger charge is 2.18. The first-order chi connectivity index (χ1) is 8.00. The predicted octanol–water partition coefficient (Wildman–Crippen LogP) is 2.88. The van der Waals surface area contributed by atoms with Crippen LogP contribution in [-0.2, 0) is 7.05 Å². The van der Waals surface area contributed by atoms with E-state index in [1.165, 1.54) is 4.68 Å². The van der Waals surface area contributed by atoms with E-state index in [1.807, 2.05) is 19.1 Å². The van der Waals surface area contributed by atoms with Gasteiger partial charge in [-0.3, -0.25) is 4.79 Å². The van der Waals surface area contributed by atoms with Crippen molar-refractivity contribution in [3.63, 3.8) is 0 Å². The van der Waals surface area contributed by atoms with Gasteiger partial charge in [0, 0.05) is 17.1 Å². The monoisotopic (exact) mass is 357 g/mol. The third-order valence-electron chi connectivity index (χ3n) is 2.42. The predicted molar refractivity (Wildman–Crippen MR) is 71.0 cm³/mol. The second-order valence-electron chi connectivity index (χ2n) is 3.65. The van der Waals surface area contributed by atoms with Crippen molar-refractivity contribution < 1.29 is 4.79 Å². The molecule has 17 heavy (non-hydrogen) atoms. The van der Waals surface area contributed by atoms with Gasteiger partial charge < -0.3 is 0 Å². The van der Waals surface area contributed by atoms with E-state index in [1.54, 1.807) is 13.1 Å². The van der Waals surface area contributed by atoms with Gasteiger partial charge in [-0.05, 0) is 46.6 Å². The van der Waals surface area contributed by atoms with Gasteiger partial charge in [0.05, 0.1) is 0 Å². The molecule has 0 fully saturated rings. The van der Waals surface area contributed by atoms with E-state index in [9.17, 15) is 4.79 Å². The Labute approximate surface area is 115 Å². The van der Waals surface area contributed by atoms with E-state index in [2.05, 4.69) is 42.2 Å². The summed E-state index contributed by atoms with van der Waals surface area (Å²) in [5.74, 6) is -0.0972. The van der Waals surface area contributed by atoms with E-state index in [-0.39, 0.29) is 5.78 Å². The van der Waals surface area contributed by atoms with Crippen LogP contribution in [0.1, 0.15) is 21.6 Å². The standard InChI is InChI=1S/C11H9Br2N3O/c1-6-5-7(3-4-8(6)12)10(17)9-11(13)14-15-16(9)2/h3-5H,1-2H3. The Hall–Kier alpha value is -1.01. The molecule has 2 aromatic rings. The van der Waals surface area contributed by atoms with Crippen LogP contribution in [-0.4, -0.2) is 20.8 Å². The fraction of sp³-hybridized carbons (Fsp3) is 0.182. The maximum atomic E-state index is 12.3. The van der Waals surface area contributed by atoms with Crippen molar-refractivity contribution in [1.29, 1.82) is 0 Å². The van der Waals surface area contributed by atoms with Crippen molar-refractivity contribution in [2.75, 3.05) is 0 Å². The smallest absolute Gasteiger partial charge is 0.213 e. The molecule has 2 rings (SSSR count). The maximum Gasteiger partial charge on any atom is 0.213 e. The van der Waals surface area contributed by atoms with Crippen LogP contribution in [0.3, 0.4) is 0 Å². The minimum atomic E-state index is -0.0972. The Bertz CT molecular complexity index is 573. The van der Waals surface area contributed by atoms with Gasteiger partial charge in [0.25, 0.3) is 0 Å². The molecule has 0 N–H and O–H groups in total. The molecule has 0 amide bonds. The molecule has 4 nitrogen and oxygen atoms in total. The van der Waals surface area contributed by atoms with Crippen molar-refractivity contribution in [2.24, 2.45) is 7.05 Å². The van der Waals surface area contributed by atoms with E-state index >= 15 is 0 Å². The first-order valence-electron chi connectivity index (χ1n) is 4.86. The number of hydrogen-bond donors (Lipinski definition) is 0. The highest BCUT2D eigenvalue weighted by molar-refractivity contribution is 9.10. The zero-order valence-electron chi connectivity index (χ0n) is 9.24. The van der Waals surface area contributed by atoms with Gasteiger partial charge >= 0.3 is 0 Å². The highest BCUT2D eigenvalue weighted by atomic mass is 79.9. The Morgan fingerprint density at radius 1 is 1.35 bits per heavy atom. The molecule has 1 heterocycles. The Balaban J connectivity index is 2.48. The van der Waals surface area contributed by atoms with Crippen LogP contribution in [0.4, 0.5) is 0 Å². The lowest BCUT2D eigenvalue weighted by Gasteiger charge is -2.04. The van der Waals surface area contributed by atoms with Gasteiger partial charge in [0.2, 0.25) is 5.78 Å². The second kappa shape index (κ2) is 4.70. The van der Waals surface area contributed by atoms with E-state index < -0.39 is 0 Å². The molecule has 0 bridgehead atoms. The van der Waals surface area contributed by atoms with Crippen molar-refractivity contribution in [3.05, 3.63) is 44.1 Å². The fourth-order valence-corrected chi connectivity index (χ4v) is 2.25. The SMILES string of the molecule is Cc1cc(C(=O)c2c(Br)nnn2C)ccc1Br. The average Bonchev–Trinajstić information content (AvgIpc) is 2.62. The van der Waals surface area contributed by atoms with Crippen molar-refractivity contribution in [3.8, 4) is 0 Å². The summed E-state index contributed by atoms with van der Waals surface area (Å²) in [6, 6.07) is 5.48. The van der Waals surface area contributed by atoms with Gasteiger partial charge in [-0.1, -0.05) is 21.1 Å². The Kier molecular flexibility index (Phi) is 3.44. The minimum absolute atomic E-state index is 0.0972. The number of rotatable bonds is 2. The molecule has 0 spiro atoms. The summed E-state index contributed by atoms with van der Waals surface area (Å²) in [7, 11) is 1.69. The molecule has 0 aliphatic heterocycles. The molecule has 1 aromatic carbocycles. The van der Waals surface area contributed by atoms with Gasteiger partial charge in [-0.15, -0.1) is 5.10 Å². The van der Waals surface area contributed by atoms with Crippen LogP contribution in [0.5, 0.6) is 0 Å². The quantitative estimate of drug-likeness (QED) is 0.775. The van der Waals surface area contributed by atoms with Crippen LogP contribution in [0, 0.1) is 6.92 Å². The normalized spacial score (nSPS) is 10.6. The minimum Gasteiger partial charge on any atom is -0.287 e. The van der Waals surface area contributed by atoms with E-state index in [0.717, 1.165) is 10.0 Å². The number of aromatic nitrogens is 3. The van der Waals surface area contributed by atoms with E-state index in [0.29, 0.717) is 15.9 Å². The molecule has 0 aliphatic carbocycles. The number of hydrogen-bond acceptors (Lipinski definition) is 3. The van der Waals surface area contributed by atoms with Gasteiger partial charge in [0.1, 0.15) is 5.69 Å². The second-order valence-corrected chi connectivity index (χ2v) is 5.25. The van der Waals surface area contributed by atoms with Gasteiger partial charge in [-0.25, -0.2) is 4.68 Å². The molecular weight excluding hydrogens is 350 g/mol. The fourth-order valence-electron chi connectivity index (χ4n) is 1.50. The lowest BCUT2D eigenvalue weighted by atomic mass is 10.1. The summed E-state index contributed by atoms with van der Waals surface area (Å²) in [6.07, 6.45) is 0. The number of nitrogens with zero attached hydrogens (tertiary/aromatic N) is 3. The van der Waals surface area contributed by atoms with Crippen LogP contribution >= 0.6 is 31.9 Å². The summed E-state index contributed by atoms with van der Waals surface area (Å²) >= 11 is 6.63. The highest BCUT2D eigenvalue weighted by Crippen LogP contribution is 2.21. The molecule has 88 valence electrons. The summed E-state index contributed by atoms with van der Waals surface area (Å²) < 4.78 is 2.91. The lowest BCUT2D eigenvalue weighted by Crippen LogP contribution is -2.09. The lowest BCUT2D eigenvalue weighted by molar-refractivity contribution is 0.102. The summed E-state index contributed by atoms with van der Waals surface area (Å²) in [5.41, 5.74) is 2.09. The van der Waals surface area contributed by atoms with Crippen LogP contribution < -0.4 is 0 Å². The summed E-state index contributed by atoms with van der Waals surface area (Å²) in [6.45, 7) is 1.94. The molecule has 0 radical (unpaired) electrons. The molecule has 0 saturated carbocycles. The number of aryl methyl sites for hydroxylation is 2. The Morgan fingerprint density at radius 2 is 2.06 bits per heavy atom. The molecular formula is C11H9Br2N3O. The van der Waals surface area contributed by atoms with Crippen molar-refractivity contribution in [1.82, 2.24) is 15.0 Å². The number of halogens is 2. The third kappa shape index (κ3) is 2.32. The average molecular weight is 359 g/mol. The molecule has 0 unspecified atom stereocenters. The number of benzene rings is 1. The number of carbonyl (C=O) groups excluding carboxylic acids is 1. The van der Waals surface area contributed by atoms with Crippen LogP contribution in [0.25, 0.3) is 0 Å². The molecule has 0 atom stereocenters. The summed E-state index contributed by atoms with van der Waals surface area (Å²) in [5, 5.41) is 7.59. The third-order valence-corrected chi connectivity index (χ3v) is 3.84. The maximum absolute atomic E-state index is 12.3. The molecule has 0 aliphatic rings. The van der Waals surface area contributed by atoms with Gasteiger partial charge in [-0.2, -0.15) is 0 Å². The molecule has 1 aromatic heterocycles. The largest absolute Gasteiger partial charge is 0.287 e. The summed E-state index contributed by atoms with van der Waals surface area (Å²) in [4.78, 5) is 12.3. The zero-order chi connectivity index (χ0) is 12.6. The van der Waals surface area contributed by atoms with Crippen molar-refractivity contribution >= 4 is 37.6 Å².